The van der Waals surface area contributed by atoms with Gasteiger partial charge in [-0.2, -0.15) is 9.97 Å². The topological polar surface area (TPSA) is 157 Å². The highest BCUT2D eigenvalue weighted by Crippen LogP contribution is 2.38. The second kappa shape index (κ2) is 9.60. The van der Waals surface area contributed by atoms with Crippen molar-refractivity contribution in [2.24, 2.45) is 0 Å². The second-order valence-electron chi connectivity index (χ2n) is 8.08. The molecule has 2 fully saturated rings. The maximum Gasteiger partial charge on any atom is 0.352 e. The van der Waals surface area contributed by atoms with Gasteiger partial charge in [0, 0.05) is 18.9 Å². The third kappa shape index (κ3) is 5.07. The zero-order chi connectivity index (χ0) is 22.9. The lowest BCUT2D eigenvalue weighted by molar-refractivity contribution is -0.238. The van der Waals surface area contributed by atoms with Crippen molar-refractivity contribution in [2.45, 2.75) is 63.2 Å². The van der Waals surface area contributed by atoms with Gasteiger partial charge in [-0.05, 0) is 25.8 Å². The Labute approximate surface area is 184 Å². The van der Waals surface area contributed by atoms with Gasteiger partial charge < -0.3 is 34.5 Å². The first kappa shape index (κ1) is 23.4. The number of anilines is 1. The van der Waals surface area contributed by atoms with E-state index in [4.69, 9.17) is 19.3 Å². The van der Waals surface area contributed by atoms with Crippen LogP contribution in [0.3, 0.4) is 0 Å². The van der Waals surface area contributed by atoms with Crippen LogP contribution in [0.25, 0.3) is 11.0 Å². The van der Waals surface area contributed by atoms with Gasteiger partial charge in [-0.25, -0.2) is 4.89 Å². The zero-order valence-electron chi connectivity index (χ0n) is 18.0. The molecule has 1 aliphatic carbocycles. The molecule has 0 radical (unpaired) electrons. The minimum absolute atomic E-state index is 0.198. The van der Waals surface area contributed by atoms with Crippen LogP contribution in [0, 0.1) is 0 Å². The van der Waals surface area contributed by atoms with Crippen molar-refractivity contribution in [1.29, 1.82) is 0 Å². The van der Waals surface area contributed by atoms with Crippen molar-refractivity contribution >= 4 is 24.4 Å². The molecule has 2 aliphatic rings. The number of fused-ring (bicyclic) bond motifs is 1. The summed E-state index contributed by atoms with van der Waals surface area (Å²) in [6.07, 6.45) is 1.61. The van der Waals surface area contributed by atoms with E-state index < -0.39 is 32.1 Å². The molecule has 3 heterocycles. The molecule has 0 aromatic carbocycles. The van der Waals surface area contributed by atoms with Crippen molar-refractivity contribution in [3.63, 3.8) is 0 Å². The number of aromatic nitrogens is 3. The number of nitrogens with zero attached hydrogens (tertiary/aromatic N) is 3. The molecule has 0 amide bonds. The smallest absolute Gasteiger partial charge is 0.352 e. The molecule has 1 saturated heterocycles. The van der Waals surface area contributed by atoms with Crippen LogP contribution in [-0.4, -0.2) is 73.9 Å². The molecule has 4 rings (SSSR count). The van der Waals surface area contributed by atoms with Gasteiger partial charge in [0.1, 0.15) is 30.7 Å². The van der Waals surface area contributed by atoms with Gasteiger partial charge in [0.05, 0.1) is 12.0 Å². The molecule has 2 aromatic rings. The SMILES string of the molecule is CCOc1nc(NC2CCCC2)c2ccn([C@@H]3O[C@H](COOP(C)(=O)O)[C@@H](O)[C@H]3O)c2n1. The summed E-state index contributed by atoms with van der Waals surface area (Å²) in [6, 6.07) is 2.34. The molecule has 0 spiro atoms. The van der Waals surface area contributed by atoms with E-state index in [-0.39, 0.29) is 12.6 Å². The van der Waals surface area contributed by atoms with Crippen molar-refractivity contribution in [1.82, 2.24) is 14.5 Å². The summed E-state index contributed by atoms with van der Waals surface area (Å²) in [6.45, 7) is 2.85. The van der Waals surface area contributed by atoms with Crippen molar-refractivity contribution in [3.8, 4) is 6.01 Å². The minimum atomic E-state index is -3.85. The van der Waals surface area contributed by atoms with Gasteiger partial charge in [0.15, 0.2) is 11.9 Å². The third-order valence-corrected chi connectivity index (χ3v) is 5.94. The van der Waals surface area contributed by atoms with Gasteiger partial charge in [-0.1, -0.05) is 12.8 Å². The molecule has 2 aromatic heterocycles. The van der Waals surface area contributed by atoms with E-state index >= 15 is 0 Å². The van der Waals surface area contributed by atoms with E-state index in [9.17, 15) is 14.8 Å². The number of rotatable bonds is 9. The largest absolute Gasteiger partial charge is 0.464 e. The molecule has 1 aliphatic heterocycles. The Kier molecular flexibility index (Phi) is 7.01. The second-order valence-corrected chi connectivity index (χ2v) is 9.84. The van der Waals surface area contributed by atoms with Crippen LogP contribution in [0.15, 0.2) is 12.3 Å². The minimum Gasteiger partial charge on any atom is -0.464 e. The lowest BCUT2D eigenvalue weighted by Crippen LogP contribution is -2.33. The van der Waals surface area contributed by atoms with Crippen molar-refractivity contribution in [2.75, 3.05) is 25.2 Å². The number of aliphatic hydroxyl groups is 2. The summed E-state index contributed by atoms with van der Waals surface area (Å²) in [4.78, 5) is 22.9. The van der Waals surface area contributed by atoms with Crippen LogP contribution in [0.4, 0.5) is 5.82 Å². The average Bonchev–Trinajstić information content (AvgIpc) is 3.44. The fourth-order valence-electron chi connectivity index (χ4n) is 4.08. The highest BCUT2D eigenvalue weighted by atomic mass is 31.2. The molecule has 12 nitrogen and oxygen atoms in total. The van der Waals surface area contributed by atoms with E-state index in [1.54, 1.807) is 10.8 Å². The molecule has 4 N–H and O–H groups in total. The highest BCUT2D eigenvalue weighted by Gasteiger charge is 2.44. The number of hydrogen-bond acceptors (Lipinski definition) is 10. The van der Waals surface area contributed by atoms with Crippen LogP contribution in [0.2, 0.25) is 0 Å². The molecule has 1 saturated carbocycles. The Morgan fingerprint density at radius 3 is 2.72 bits per heavy atom. The van der Waals surface area contributed by atoms with E-state index in [0.717, 1.165) is 24.9 Å². The Morgan fingerprint density at radius 2 is 2.03 bits per heavy atom. The number of ether oxygens (including phenoxy) is 2. The van der Waals surface area contributed by atoms with Crippen LogP contribution in [0.1, 0.15) is 38.8 Å². The number of hydrogen-bond donors (Lipinski definition) is 4. The fourth-order valence-corrected chi connectivity index (χ4v) is 4.33. The summed E-state index contributed by atoms with van der Waals surface area (Å²) in [5, 5.41) is 25.2. The first-order chi connectivity index (χ1) is 15.3. The van der Waals surface area contributed by atoms with E-state index in [1.807, 2.05) is 13.0 Å². The molecular formula is C19H29N4O8P. The molecule has 32 heavy (non-hydrogen) atoms. The van der Waals surface area contributed by atoms with E-state index in [2.05, 4.69) is 20.0 Å². The highest BCUT2D eigenvalue weighted by molar-refractivity contribution is 7.51. The predicted molar refractivity (Wildman–Crippen MR) is 113 cm³/mol. The van der Waals surface area contributed by atoms with Gasteiger partial charge >= 0.3 is 13.6 Å². The Bertz CT molecular complexity index is 976. The quantitative estimate of drug-likeness (QED) is 0.238. The average molecular weight is 472 g/mol. The van der Waals surface area contributed by atoms with Gasteiger partial charge in [0.25, 0.3) is 0 Å². The van der Waals surface area contributed by atoms with Crippen molar-refractivity contribution in [3.05, 3.63) is 12.3 Å². The summed E-state index contributed by atoms with van der Waals surface area (Å²) in [5.74, 6) is 0.645. The van der Waals surface area contributed by atoms with Crippen LogP contribution in [-0.2, 0) is 18.9 Å². The summed E-state index contributed by atoms with van der Waals surface area (Å²) >= 11 is 0. The maximum atomic E-state index is 11.2. The molecule has 1 unspecified atom stereocenters. The first-order valence-corrected chi connectivity index (χ1v) is 12.7. The summed E-state index contributed by atoms with van der Waals surface area (Å²) < 4.78 is 28.5. The fraction of sp³-hybridized carbons (Fsp3) is 0.684. The molecule has 13 heteroatoms. The van der Waals surface area contributed by atoms with Crippen LogP contribution >= 0.6 is 7.60 Å². The number of nitrogens with one attached hydrogen (secondary N) is 1. The lowest BCUT2D eigenvalue weighted by Gasteiger charge is -2.19. The van der Waals surface area contributed by atoms with Crippen LogP contribution < -0.4 is 10.1 Å². The molecule has 178 valence electrons. The van der Waals surface area contributed by atoms with E-state index in [0.29, 0.717) is 24.1 Å². The monoisotopic (exact) mass is 472 g/mol. The Balaban J connectivity index is 1.59. The van der Waals surface area contributed by atoms with Crippen molar-refractivity contribution < 1.29 is 38.7 Å². The van der Waals surface area contributed by atoms with Gasteiger partial charge in [-0.15, -0.1) is 4.67 Å². The summed E-state index contributed by atoms with van der Waals surface area (Å²) in [7, 11) is -3.85. The van der Waals surface area contributed by atoms with Gasteiger partial charge in [0.2, 0.25) is 0 Å². The Hall–Kier alpha value is -1.79. The lowest BCUT2D eigenvalue weighted by atomic mass is 10.1. The summed E-state index contributed by atoms with van der Waals surface area (Å²) in [5.41, 5.74) is 0.478. The zero-order valence-corrected chi connectivity index (χ0v) is 18.9. The maximum absolute atomic E-state index is 11.2. The molecular weight excluding hydrogens is 443 g/mol. The van der Waals surface area contributed by atoms with E-state index in [1.165, 1.54) is 12.8 Å². The first-order valence-electron chi connectivity index (χ1n) is 10.7. The van der Waals surface area contributed by atoms with Crippen LogP contribution in [0.5, 0.6) is 6.01 Å². The predicted octanol–water partition coefficient (Wildman–Crippen LogP) is 1.57. The molecule has 0 bridgehead atoms. The standard InChI is InChI=1S/C19H29N4O8P/c1-3-28-19-21-16(20-11-6-4-5-7-11)12-8-9-23(17(12)22-19)18-15(25)14(24)13(30-18)10-29-31-32(2,26)27/h8-9,11,13-15,18,24-25H,3-7,10H2,1-2H3,(H,26,27)(H,20,21,22)/t13-,14-,15-,18-/m1/s1. The van der Waals surface area contributed by atoms with Gasteiger partial charge in [-0.3, -0.25) is 4.57 Å². The number of aliphatic hydroxyl groups excluding tert-OH is 2. The third-order valence-electron chi connectivity index (χ3n) is 5.56. The Morgan fingerprint density at radius 1 is 1.28 bits per heavy atom. The normalized spacial score (nSPS) is 28.3. The molecule has 5 atom stereocenters.